The molecular weight excluding hydrogens is 204 g/mol. The molecule has 15 heavy (non-hydrogen) atoms. The van der Waals surface area contributed by atoms with Gasteiger partial charge in [0, 0.05) is 12.1 Å². The molecule has 0 aromatic heterocycles. The summed E-state index contributed by atoms with van der Waals surface area (Å²) in [4.78, 5) is 0. The Morgan fingerprint density at radius 2 is 2.20 bits per heavy atom. The number of rotatable bonds is 5. The fourth-order valence-electron chi connectivity index (χ4n) is 2.23. The molecule has 0 aromatic carbocycles. The molecule has 1 rings (SSSR count). The second-order valence-corrected chi connectivity index (χ2v) is 5.46. The minimum Gasteiger partial charge on any atom is -0.310 e. The van der Waals surface area contributed by atoms with Crippen LogP contribution in [0, 0.1) is 17.2 Å². The van der Waals surface area contributed by atoms with Crippen molar-refractivity contribution in [2.45, 2.75) is 51.1 Å². The molecule has 2 nitrogen and oxygen atoms in total. The van der Waals surface area contributed by atoms with Gasteiger partial charge >= 0.3 is 0 Å². The monoisotopic (exact) mass is 226 g/mol. The van der Waals surface area contributed by atoms with Gasteiger partial charge in [0.05, 0.1) is 12.0 Å². The number of hydrogen-bond acceptors (Lipinski definition) is 3. The lowest BCUT2D eigenvalue weighted by molar-refractivity contribution is 0.289. The molecule has 1 aliphatic rings. The molecule has 0 aliphatic heterocycles. The highest BCUT2D eigenvalue weighted by molar-refractivity contribution is 7.98. The van der Waals surface area contributed by atoms with Gasteiger partial charge in [0.25, 0.3) is 0 Å². The van der Waals surface area contributed by atoms with Crippen LogP contribution >= 0.6 is 11.8 Å². The molecule has 86 valence electrons. The van der Waals surface area contributed by atoms with Crippen LogP contribution in [0.3, 0.4) is 0 Å². The molecule has 3 heteroatoms. The molecule has 1 N–H and O–H groups in total. The molecule has 1 saturated carbocycles. The van der Waals surface area contributed by atoms with E-state index in [1.54, 1.807) is 0 Å². The van der Waals surface area contributed by atoms with E-state index in [4.69, 9.17) is 5.26 Å². The largest absolute Gasteiger partial charge is 0.310 e. The van der Waals surface area contributed by atoms with E-state index in [1.807, 2.05) is 11.8 Å². The average Bonchev–Trinajstić information content (AvgIpc) is 2.27. The standard InChI is InChI=1S/C12H22N2S/c1-10(7-8-15-2)14-12-6-4-3-5-11(12)9-13/h10-12,14H,3-8H2,1-2H3. The molecule has 0 saturated heterocycles. The van der Waals surface area contributed by atoms with Crippen molar-refractivity contribution in [1.29, 1.82) is 5.26 Å². The van der Waals surface area contributed by atoms with Crippen molar-refractivity contribution in [3.8, 4) is 6.07 Å². The second kappa shape index (κ2) is 7.14. The predicted octanol–water partition coefficient (Wildman–Crippen LogP) is 2.80. The summed E-state index contributed by atoms with van der Waals surface area (Å²) in [5, 5.41) is 12.7. The van der Waals surface area contributed by atoms with Gasteiger partial charge in [0.1, 0.15) is 0 Å². The maximum absolute atomic E-state index is 9.06. The molecule has 3 atom stereocenters. The van der Waals surface area contributed by atoms with E-state index in [1.165, 1.54) is 31.4 Å². The third-order valence-electron chi connectivity index (χ3n) is 3.19. The van der Waals surface area contributed by atoms with Gasteiger partial charge in [-0.25, -0.2) is 0 Å². The maximum atomic E-state index is 9.06. The zero-order valence-electron chi connectivity index (χ0n) is 9.83. The summed E-state index contributed by atoms with van der Waals surface area (Å²) in [6.45, 7) is 2.24. The molecule has 0 heterocycles. The molecule has 0 radical (unpaired) electrons. The lowest BCUT2D eigenvalue weighted by atomic mass is 9.85. The minimum absolute atomic E-state index is 0.246. The summed E-state index contributed by atoms with van der Waals surface area (Å²) in [5.41, 5.74) is 0. The van der Waals surface area contributed by atoms with E-state index in [0.29, 0.717) is 12.1 Å². The van der Waals surface area contributed by atoms with Crippen LogP contribution in [0.4, 0.5) is 0 Å². The van der Waals surface area contributed by atoms with E-state index in [9.17, 15) is 0 Å². The van der Waals surface area contributed by atoms with E-state index in [2.05, 4.69) is 24.6 Å². The van der Waals surface area contributed by atoms with Gasteiger partial charge < -0.3 is 5.32 Å². The van der Waals surface area contributed by atoms with Crippen LogP contribution in [0.2, 0.25) is 0 Å². The predicted molar refractivity (Wildman–Crippen MR) is 67.0 cm³/mol. The van der Waals surface area contributed by atoms with Crippen molar-refractivity contribution in [3.05, 3.63) is 0 Å². The molecule has 0 spiro atoms. The molecule has 0 bridgehead atoms. The van der Waals surface area contributed by atoms with Crippen LogP contribution in [0.15, 0.2) is 0 Å². The van der Waals surface area contributed by atoms with E-state index in [-0.39, 0.29) is 5.92 Å². The zero-order chi connectivity index (χ0) is 11.1. The summed E-state index contributed by atoms with van der Waals surface area (Å²) < 4.78 is 0. The smallest absolute Gasteiger partial charge is 0.0672 e. The van der Waals surface area contributed by atoms with Crippen molar-refractivity contribution in [2.75, 3.05) is 12.0 Å². The van der Waals surface area contributed by atoms with Gasteiger partial charge in [0.15, 0.2) is 0 Å². The van der Waals surface area contributed by atoms with Crippen LogP contribution in [0.25, 0.3) is 0 Å². The molecule has 0 amide bonds. The first-order chi connectivity index (χ1) is 7.27. The summed E-state index contributed by atoms with van der Waals surface area (Å²) in [6, 6.07) is 3.44. The Morgan fingerprint density at radius 3 is 2.87 bits per heavy atom. The summed E-state index contributed by atoms with van der Waals surface area (Å²) >= 11 is 1.89. The van der Waals surface area contributed by atoms with Crippen molar-refractivity contribution < 1.29 is 0 Å². The van der Waals surface area contributed by atoms with Gasteiger partial charge in [-0.15, -0.1) is 0 Å². The summed E-state index contributed by atoms with van der Waals surface area (Å²) in [5.74, 6) is 1.45. The van der Waals surface area contributed by atoms with Crippen LogP contribution in [-0.2, 0) is 0 Å². The highest BCUT2D eigenvalue weighted by Gasteiger charge is 2.25. The Balaban J connectivity index is 2.31. The zero-order valence-corrected chi connectivity index (χ0v) is 10.6. The number of nitrogens with one attached hydrogen (secondary N) is 1. The number of thioether (sulfide) groups is 1. The first-order valence-corrected chi connectivity index (χ1v) is 7.32. The Kier molecular flexibility index (Phi) is 6.12. The van der Waals surface area contributed by atoms with Gasteiger partial charge in [0.2, 0.25) is 0 Å². The SMILES string of the molecule is CSCCC(C)NC1CCCCC1C#N. The van der Waals surface area contributed by atoms with Gasteiger partial charge in [-0.05, 0) is 38.2 Å². The lowest BCUT2D eigenvalue weighted by Crippen LogP contribution is -2.43. The van der Waals surface area contributed by atoms with Crippen LogP contribution in [0.5, 0.6) is 0 Å². The maximum Gasteiger partial charge on any atom is 0.0672 e. The average molecular weight is 226 g/mol. The van der Waals surface area contributed by atoms with Crippen molar-refractivity contribution in [1.82, 2.24) is 5.32 Å². The Hall–Kier alpha value is -0.200. The van der Waals surface area contributed by atoms with E-state index >= 15 is 0 Å². The summed E-state index contributed by atoms with van der Waals surface area (Å²) in [7, 11) is 0. The molecule has 0 aromatic rings. The number of nitrogens with zero attached hydrogens (tertiary/aromatic N) is 1. The first kappa shape index (κ1) is 12.9. The minimum atomic E-state index is 0.246. The second-order valence-electron chi connectivity index (χ2n) is 4.48. The van der Waals surface area contributed by atoms with E-state index in [0.717, 1.165) is 6.42 Å². The quantitative estimate of drug-likeness (QED) is 0.783. The Labute approximate surface area is 97.8 Å². The number of hydrogen-bond donors (Lipinski definition) is 1. The van der Waals surface area contributed by atoms with Crippen LogP contribution < -0.4 is 5.32 Å². The van der Waals surface area contributed by atoms with Gasteiger partial charge in [-0.1, -0.05) is 12.8 Å². The molecule has 1 aliphatic carbocycles. The van der Waals surface area contributed by atoms with Gasteiger partial charge in [-0.3, -0.25) is 0 Å². The van der Waals surface area contributed by atoms with Crippen molar-refractivity contribution in [2.24, 2.45) is 5.92 Å². The highest BCUT2D eigenvalue weighted by atomic mass is 32.2. The van der Waals surface area contributed by atoms with Crippen molar-refractivity contribution >= 4 is 11.8 Å². The Bertz CT molecular complexity index is 212. The van der Waals surface area contributed by atoms with Crippen LogP contribution in [0.1, 0.15) is 39.0 Å². The normalized spacial score (nSPS) is 28.3. The third kappa shape index (κ3) is 4.44. The summed E-state index contributed by atoms with van der Waals surface area (Å²) in [6.07, 6.45) is 8.13. The molecule has 1 fully saturated rings. The van der Waals surface area contributed by atoms with E-state index < -0.39 is 0 Å². The van der Waals surface area contributed by atoms with Crippen LogP contribution in [-0.4, -0.2) is 24.1 Å². The molecule has 3 unspecified atom stereocenters. The highest BCUT2D eigenvalue weighted by Crippen LogP contribution is 2.24. The number of nitriles is 1. The topological polar surface area (TPSA) is 35.8 Å². The third-order valence-corrected chi connectivity index (χ3v) is 3.83. The fourth-order valence-corrected chi connectivity index (χ4v) is 2.82. The first-order valence-electron chi connectivity index (χ1n) is 5.92. The molecular formula is C12H22N2S. The van der Waals surface area contributed by atoms with Gasteiger partial charge in [-0.2, -0.15) is 17.0 Å². The Morgan fingerprint density at radius 1 is 1.47 bits per heavy atom. The van der Waals surface area contributed by atoms with Crippen molar-refractivity contribution in [3.63, 3.8) is 0 Å². The fraction of sp³-hybridized carbons (Fsp3) is 0.917. The lowest BCUT2D eigenvalue weighted by Gasteiger charge is -2.30.